The average Bonchev–Trinajstić information content (AvgIpc) is 3.27. The lowest BCUT2D eigenvalue weighted by Crippen LogP contribution is -2.44. The van der Waals surface area contributed by atoms with E-state index in [1.165, 1.54) is 16.7 Å². The molecule has 1 unspecified atom stereocenters. The van der Waals surface area contributed by atoms with Gasteiger partial charge < -0.3 is 26.0 Å². The second kappa shape index (κ2) is 8.36. The Labute approximate surface area is 210 Å². The SMILES string of the molecule is CN(CC1CN(C)c2cc(N)ccc2O1)c1ncc2c3[nH]nc(N)c3c(=O)n(-c3ccccc3F)c2n1. The number of aromatic amines is 1. The number of hydrogen-bond acceptors (Lipinski definition) is 9. The standard InChI is InChI=1S/C25H24FN9O2/c1-33-11-14(37-19-8-7-13(27)9-18(19)33)12-34(2)25-29-10-15-21-20(22(28)32-31-21)24(36)35(23(15)30-25)17-6-4-3-5-16(17)26/h3-10,14H,11-12,27H2,1-2H3,(H3,28,31,32). The highest BCUT2D eigenvalue weighted by Crippen LogP contribution is 2.34. The molecule has 12 heteroatoms. The van der Waals surface area contributed by atoms with Crippen LogP contribution < -0.4 is 31.6 Å². The van der Waals surface area contributed by atoms with E-state index in [2.05, 4.69) is 20.1 Å². The van der Waals surface area contributed by atoms with Crippen LogP contribution in [-0.2, 0) is 0 Å². The number of pyridine rings is 1. The maximum Gasteiger partial charge on any atom is 0.270 e. The van der Waals surface area contributed by atoms with Gasteiger partial charge in [-0.05, 0) is 30.3 Å². The van der Waals surface area contributed by atoms with Crippen LogP contribution in [0.4, 0.5) is 27.5 Å². The Bertz CT molecular complexity index is 1730. The van der Waals surface area contributed by atoms with Crippen molar-refractivity contribution < 1.29 is 9.13 Å². The summed E-state index contributed by atoms with van der Waals surface area (Å²) in [6.45, 7) is 1.09. The lowest BCUT2D eigenvalue weighted by molar-refractivity contribution is 0.201. The minimum Gasteiger partial charge on any atom is -0.485 e. The summed E-state index contributed by atoms with van der Waals surface area (Å²) in [6, 6.07) is 11.5. The highest BCUT2D eigenvalue weighted by Gasteiger charge is 2.26. The third-order valence-corrected chi connectivity index (χ3v) is 6.53. The Morgan fingerprint density at radius 3 is 2.84 bits per heavy atom. The topological polar surface area (TPSA) is 144 Å². The van der Waals surface area contributed by atoms with Crippen molar-refractivity contribution in [2.75, 3.05) is 48.5 Å². The van der Waals surface area contributed by atoms with Crippen molar-refractivity contribution in [2.45, 2.75) is 6.10 Å². The molecule has 0 aliphatic carbocycles. The highest BCUT2D eigenvalue weighted by atomic mass is 19.1. The summed E-state index contributed by atoms with van der Waals surface area (Å²) in [4.78, 5) is 26.6. The van der Waals surface area contributed by atoms with E-state index in [1.807, 2.05) is 31.1 Å². The maximum atomic E-state index is 14.9. The van der Waals surface area contributed by atoms with Gasteiger partial charge >= 0.3 is 0 Å². The summed E-state index contributed by atoms with van der Waals surface area (Å²) in [5.74, 6) is 0.541. The number of nitrogen functional groups attached to an aromatic ring is 2. The quantitative estimate of drug-likeness (QED) is 0.316. The Morgan fingerprint density at radius 2 is 2.03 bits per heavy atom. The molecule has 5 N–H and O–H groups in total. The number of H-pyrrole nitrogens is 1. The Hall–Kier alpha value is -4.87. The number of aromatic nitrogens is 5. The molecular formula is C25H24FN9O2. The number of ether oxygens (including phenoxy) is 1. The van der Waals surface area contributed by atoms with Crippen molar-refractivity contribution >= 4 is 45.1 Å². The van der Waals surface area contributed by atoms with E-state index in [9.17, 15) is 9.18 Å². The molecule has 11 nitrogen and oxygen atoms in total. The van der Waals surface area contributed by atoms with Crippen molar-refractivity contribution in [3.05, 3.63) is 64.8 Å². The summed E-state index contributed by atoms with van der Waals surface area (Å²) >= 11 is 0. The van der Waals surface area contributed by atoms with Crippen molar-refractivity contribution in [1.82, 2.24) is 24.7 Å². The van der Waals surface area contributed by atoms with Crippen molar-refractivity contribution in [2.24, 2.45) is 0 Å². The van der Waals surface area contributed by atoms with Crippen molar-refractivity contribution in [3.8, 4) is 11.4 Å². The van der Waals surface area contributed by atoms with E-state index in [1.54, 1.807) is 24.4 Å². The number of nitrogens with two attached hydrogens (primary N) is 2. The molecule has 188 valence electrons. The first-order valence-corrected chi connectivity index (χ1v) is 11.6. The van der Waals surface area contributed by atoms with E-state index in [0.29, 0.717) is 35.6 Å². The molecule has 0 spiro atoms. The normalized spacial score (nSPS) is 15.1. The van der Waals surface area contributed by atoms with Gasteiger partial charge in [0.2, 0.25) is 5.95 Å². The van der Waals surface area contributed by atoms with Crippen LogP contribution in [0.25, 0.3) is 27.6 Å². The predicted octanol–water partition coefficient (Wildman–Crippen LogP) is 2.29. The zero-order valence-corrected chi connectivity index (χ0v) is 20.1. The summed E-state index contributed by atoms with van der Waals surface area (Å²) < 4.78 is 22.3. The van der Waals surface area contributed by atoms with Crippen LogP contribution in [0.15, 0.2) is 53.5 Å². The van der Waals surface area contributed by atoms with Gasteiger partial charge in [-0.15, -0.1) is 0 Å². The summed E-state index contributed by atoms with van der Waals surface area (Å²) in [6.07, 6.45) is 1.39. The summed E-state index contributed by atoms with van der Waals surface area (Å²) in [5, 5.41) is 7.40. The van der Waals surface area contributed by atoms with E-state index in [0.717, 1.165) is 11.4 Å². The molecule has 3 aromatic heterocycles. The number of nitrogens with zero attached hydrogens (tertiary/aromatic N) is 6. The molecule has 0 amide bonds. The molecule has 0 bridgehead atoms. The van der Waals surface area contributed by atoms with Crippen LogP contribution in [0, 0.1) is 5.82 Å². The van der Waals surface area contributed by atoms with Gasteiger partial charge in [-0.25, -0.2) is 9.37 Å². The molecule has 0 saturated carbocycles. The van der Waals surface area contributed by atoms with Gasteiger partial charge in [-0.2, -0.15) is 10.1 Å². The second-order valence-electron chi connectivity index (χ2n) is 9.09. The van der Waals surface area contributed by atoms with Crippen LogP contribution in [0.5, 0.6) is 5.75 Å². The van der Waals surface area contributed by atoms with Crippen LogP contribution in [-0.4, -0.2) is 58.0 Å². The smallest absolute Gasteiger partial charge is 0.270 e. The molecule has 2 aromatic carbocycles. The zero-order chi connectivity index (χ0) is 25.8. The van der Waals surface area contributed by atoms with E-state index >= 15 is 0 Å². The molecule has 37 heavy (non-hydrogen) atoms. The number of halogens is 1. The lowest BCUT2D eigenvalue weighted by atomic mass is 10.2. The maximum absolute atomic E-state index is 14.9. The van der Waals surface area contributed by atoms with Gasteiger partial charge in [-0.3, -0.25) is 14.5 Å². The van der Waals surface area contributed by atoms with Crippen LogP contribution >= 0.6 is 0 Å². The summed E-state index contributed by atoms with van der Waals surface area (Å²) in [5.41, 5.74) is 13.6. The van der Waals surface area contributed by atoms with Gasteiger partial charge in [0.15, 0.2) is 11.5 Å². The second-order valence-corrected chi connectivity index (χ2v) is 9.09. The molecular weight excluding hydrogens is 477 g/mol. The van der Waals surface area contributed by atoms with Crippen LogP contribution in [0.3, 0.4) is 0 Å². The number of benzene rings is 2. The van der Waals surface area contributed by atoms with Gasteiger partial charge in [-0.1, -0.05) is 12.1 Å². The molecule has 4 heterocycles. The number of fused-ring (bicyclic) bond motifs is 4. The number of hydrogen-bond donors (Lipinski definition) is 3. The minimum atomic E-state index is -0.571. The Morgan fingerprint density at radius 1 is 1.22 bits per heavy atom. The van der Waals surface area contributed by atoms with Gasteiger partial charge in [0.1, 0.15) is 23.1 Å². The van der Waals surface area contributed by atoms with Crippen LogP contribution in [0.2, 0.25) is 0 Å². The number of anilines is 4. The fraction of sp³-hybridized carbons (Fsp3) is 0.200. The number of para-hydroxylation sites is 1. The number of rotatable bonds is 4. The molecule has 6 rings (SSSR count). The molecule has 1 aliphatic heterocycles. The Balaban J connectivity index is 1.42. The fourth-order valence-corrected chi connectivity index (χ4v) is 4.76. The van der Waals surface area contributed by atoms with Gasteiger partial charge in [0, 0.05) is 26.0 Å². The average molecular weight is 502 g/mol. The monoisotopic (exact) mass is 501 g/mol. The minimum absolute atomic E-state index is 0.0220. The molecule has 0 radical (unpaired) electrons. The third-order valence-electron chi connectivity index (χ3n) is 6.53. The third kappa shape index (κ3) is 3.64. The first-order chi connectivity index (χ1) is 17.8. The zero-order valence-electron chi connectivity index (χ0n) is 20.1. The first kappa shape index (κ1) is 22.6. The Kier molecular flexibility index (Phi) is 5.10. The van der Waals surface area contributed by atoms with E-state index in [4.69, 9.17) is 21.2 Å². The molecule has 0 fully saturated rings. The van der Waals surface area contributed by atoms with Gasteiger partial charge in [0.05, 0.1) is 35.4 Å². The van der Waals surface area contributed by atoms with Crippen LogP contribution in [0.1, 0.15) is 0 Å². The molecule has 5 aromatic rings. The highest BCUT2D eigenvalue weighted by molar-refractivity contribution is 6.05. The van der Waals surface area contributed by atoms with E-state index < -0.39 is 11.4 Å². The number of nitrogens with one attached hydrogen (secondary N) is 1. The summed E-state index contributed by atoms with van der Waals surface area (Å²) in [7, 11) is 3.82. The predicted molar refractivity (Wildman–Crippen MR) is 141 cm³/mol. The largest absolute Gasteiger partial charge is 0.485 e. The lowest BCUT2D eigenvalue weighted by Gasteiger charge is -2.35. The first-order valence-electron chi connectivity index (χ1n) is 11.6. The number of likely N-dealkylation sites (N-methyl/N-ethyl adjacent to an activating group) is 2. The molecule has 1 atom stereocenters. The van der Waals surface area contributed by atoms with Crippen molar-refractivity contribution in [3.63, 3.8) is 0 Å². The fourth-order valence-electron chi connectivity index (χ4n) is 4.76. The van der Waals surface area contributed by atoms with Crippen molar-refractivity contribution in [1.29, 1.82) is 0 Å². The van der Waals surface area contributed by atoms with E-state index in [-0.39, 0.29) is 28.6 Å². The molecule has 1 aliphatic rings. The molecule has 0 saturated heterocycles. The van der Waals surface area contributed by atoms with Gasteiger partial charge in [0.25, 0.3) is 5.56 Å².